The van der Waals surface area contributed by atoms with E-state index >= 15 is 0 Å². The Labute approximate surface area is 194 Å². The van der Waals surface area contributed by atoms with E-state index < -0.39 is 10.0 Å². The topological polar surface area (TPSA) is 135 Å². The van der Waals surface area contributed by atoms with E-state index in [0.717, 1.165) is 55.5 Å². The summed E-state index contributed by atoms with van der Waals surface area (Å²) < 4.78 is 25.8. The van der Waals surface area contributed by atoms with Gasteiger partial charge in [0, 0.05) is 30.6 Å². The van der Waals surface area contributed by atoms with Crippen molar-refractivity contribution in [1.29, 1.82) is 0 Å². The molecule has 2 aromatic carbocycles. The highest BCUT2D eigenvalue weighted by Gasteiger charge is 2.29. The van der Waals surface area contributed by atoms with Crippen LogP contribution in [0, 0.1) is 5.92 Å². The number of nitrogens with zero attached hydrogens (tertiary/aromatic N) is 3. The summed E-state index contributed by atoms with van der Waals surface area (Å²) in [5.41, 5.74) is 10.2. The zero-order chi connectivity index (χ0) is 23.0. The first kappa shape index (κ1) is 22.3. The van der Waals surface area contributed by atoms with Gasteiger partial charge < -0.3 is 11.1 Å². The average Bonchev–Trinajstić information content (AvgIpc) is 3.28. The van der Waals surface area contributed by atoms with Crippen LogP contribution >= 0.6 is 0 Å². The van der Waals surface area contributed by atoms with Gasteiger partial charge >= 0.3 is 0 Å². The molecule has 5 rings (SSSR count). The molecule has 1 saturated heterocycles. The molecule has 33 heavy (non-hydrogen) atoms. The second-order valence-corrected chi connectivity index (χ2v) is 10.8. The predicted molar refractivity (Wildman–Crippen MR) is 129 cm³/mol. The highest BCUT2D eigenvalue weighted by Crippen LogP contribution is 2.36. The van der Waals surface area contributed by atoms with Crippen molar-refractivity contribution in [2.75, 3.05) is 19.8 Å². The molecule has 2 aliphatic heterocycles. The van der Waals surface area contributed by atoms with E-state index in [4.69, 9.17) is 10.9 Å². The molecule has 2 heterocycles. The van der Waals surface area contributed by atoms with Crippen molar-refractivity contribution in [1.82, 2.24) is 5.32 Å². The fourth-order valence-electron chi connectivity index (χ4n) is 5.09. The number of hydrogen-bond donors (Lipinski definition) is 3. The van der Waals surface area contributed by atoms with E-state index in [1.807, 2.05) is 24.3 Å². The molecule has 5 N–H and O–H groups in total. The molecule has 0 amide bonds. The van der Waals surface area contributed by atoms with Crippen LogP contribution in [0.5, 0.6) is 0 Å². The molecule has 1 aliphatic carbocycles. The third-order valence-corrected chi connectivity index (χ3v) is 8.11. The standard InChI is InChI=1S/C24H30N6O2S/c25-20-8-1-15(2-9-20)11-18-7-10-21(17-5-3-16(4-6-17)19-12-27-13-19)22(23(18)33(26,31)32)24-28-14-29-30-24/h3-7,10,15,19-20,27H,1-2,8-9,11-14,25H2,(H2,26,31,32). The first-order chi connectivity index (χ1) is 15.9. The molecule has 0 unspecified atom stereocenters. The first-order valence-electron chi connectivity index (χ1n) is 11.6. The van der Waals surface area contributed by atoms with Crippen LogP contribution in [0.15, 0.2) is 56.5 Å². The van der Waals surface area contributed by atoms with Gasteiger partial charge in [0.15, 0.2) is 12.5 Å². The highest BCUT2D eigenvalue weighted by atomic mass is 32.2. The van der Waals surface area contributed by atoms with E-state index in [1.165, 1.54) is 5.56 Å². The van der Waals surface area contributed by atoms with Gasteiger partial charge in [-0.15, -0.1) is 5.11 Å². The Morgan fingerprint density at radius 1 is 1.00 bits per heavy atom. The Hall–Kier alpha value is -2.46. The van der Waals surface area contributed by atoms with Crippen LogP contribution in [0.2, 0.25) is 0 Å². The lowest BCUT2D eigenvalue weighted by Crippen LogP contribution is -2.39. The minimum Gasteiger partial charge on any atom is -0.328 e. The summed E-state index contributed by atoms with van der Waals surface area (Å²) in [4.78, 5) is 4.50. The van der Waals surface area contributed by atoms with Crippen LogP contribution in [0.3, 0.4) is 0 Å². The molecule has 1 saturated carbocycles. The molecular weight excluding hydrogens is 436 g/mol. The Morgan fingerprint density at radius 2 is 1.73 bits per heavy atom. The van der Waals surface area contributed by atoms with E-state index in [-0.39, 0.29) is 17.6 Å². The third-order valence-electron chi connectivity index (χ3n) is 7.07. The zero-order valence-electron chi connectivity index (χ0n) is 18.6. The van der Waals surface area contributed by atoms with Gasteiger partial charge in [-0.2, -0.15) is 5.11 Å². The van der Waals surface area contributed by atoms with Crippen molar-refractivity contribution in [2.45, 2.75) is 49.0 Å². The molecule has 0 radical (unpaired) electrons. The lowest BCUT2D eigenvalue weighted by molar-refractivity contribution is 0.323. The summed E-state index contributed by atoms with van der Waals surface area (Å²) in [6.45, 7) is 2.16. The molecule has 0 bridgehead atoms. The maximum absolute atomic E-state index is 12.9. The van der Waals surface area contributed by atoms with Crippen molar-refractivity contribution < 1.29 is 8.42 Å². The van der Waals surface area contributed by atoms with Crippen LogP contribution in [-0.2, 0) is 16.4 Å². The quantitative estimate of drug-likeness (QED) is 0.603. The number of aliphatic imine (C=N–C) groups is 1. The summed E-state index contributed by atoms with van der Waals surface area (Å²) in [7, 11) is -4.03. The lowest BCUT2D eigenvalue weighted by atomic mass is 9.82. The lowest BCUT2D eigenvalue weighted by Gasteiger charge is -2.28. The van der Waals surface area contributed by atoms with Crippen LogP contribution in [0.25, 0.3) is 11.1 Å². The molecular formula is C24H30N6O2S. The monoisotopic (exact) mass is 466 g/mol. The number of primary sulfonamides is 1. The summed E-state index contributed by atoms with van der Waals surface area (Å²) in [5, 5.41) is 17.2. The van der Waals surface area contributed by atoms with E-state index in [2.05, 4.69) is 32.7 Å². The maximum Gasteiger partial charge on any atom is 0.239 e. The number of hydrogen-bond acceptors (Lipinski definition) is 7. The molecule has 174 valence electrons. The van der Waals surface area contributed by atoms with Crippen LogP contribution in [0.1, 0.15) is 48.3 Å². The molecule has 0 atom stereocenters. The van der Waals surface area contributed by atoms with Crippen molar-refractivity contribution in [3.05, 3.63) is 53.1 Å². The van der Waals surface area contributed by atoms with Crippen molar-refractivity contribution in [3.63, 3.8) is 0 Å². The van der Waals surface area contributed by atoms with Gasteiger partial charge in [-0.25, -0.2) is 18.5 Å². The number of rotatable bonds is 6. The Morgan fingerprint density at radius 3 is 2.30 bits per heavy atom. The summed E-state index contributed by atoms with van der Waals surface area (Å²) in [5.74, 6) is 1.23. The molecule has 9 heteroatoms. The van der Waals surface area contributed by atoms with Gasteiger partial charge in [0.2, 0.25) is 10.0 Å². The zero-order valence-corrected chi connectivity index (χ0v) is 19.4. The summed E-state index contributed by atoms with van der Waals surface area (Å²) in [6, 6.07) is 12.4. The molecule has 2 aromatic rings. The molecule has 3 aliphatic rings. The number of nitrogens with two attached hydrogens (primary N) is 2. The fraction of sp³-hybridized carbons (Fsp3) is 0.458. The Balaban J connectivity index is 1.60. The SMILES string of the molecule is NC1CCC(Cc2ccc(-c3ccc(C4CNC4)cc3)c(C3=NCN=N3)c2S(N)(=O)=O)CC1. The molecule has 8 nitrogen and oxygen atoms in total. The van der Waals surface area contributed by atoms with Gasteiger partial charge in [-0.3, -0.25) is 0 Å². The minimum absolute atomic E-state index is 0.127. The van der Waals surface area contributed by atoms with Gasteiger partial charge in [-0.05, 0) is 60.3 Å². The minimum atomic E-state index is -4.03. The van der Waals surface area contributed by atoms with Crippen molar-refractivity contribution in [2.24, 2.45) is 32.0 Å². The normalized spacial score (nSPS) is 23.4. The van der Waals surface area contributed by atoms with Crippen LogP contribution in [-0.4, -0.2) is 40.1 Å². The Kier molecular flexibility index (Phi) is 6.13. The maximum atomic E-state index is 12.9. The number of sulfonamides is 1. The fourth-order valence-corrected chi connectivity index (χ4v) is 6.10. The summed E-state index contributed by atoms with van der Waals surface area (Å²) >= 11 is 0. The average molecular weight is 467 g/mol. The van der Waals surface area contributed by atoms with E-state index in [9.17, 15) is 8.42 Å². The van der Waals surface area contributed by atoms with E-state index in [1.54, 1.807) is 0 Å². The van der Waals surface area contributed by atoms with E-state index in [0.29, 0.717) is 29.7 Å². The first-order valence-corrected chi connectivity index (χ1v) is 13.1. The molecule has 2 fully saturated rings. The van der Waals surface area contributed by atoms with Gasteiger partial charge in [-0.1, -0.05) is 36.4 Å². The summed E-state index contributed by atoms with van der Waals surface area (Å²) in [6.07, 6.45) is 4.54. The molecule has 0 spiro atoms. The number of benzene rings is 2. The highest BCUT2D eigenvalue weighted by molar-refractivity contribution is 7.89. The predicted octanol–water partition coefficient (Wildman–Crippen LogP) is 2.92. The van der Waals surface area contributed by atoms with Gasteiger partial charge in [0.05, 0.1) is 4.90 Å². The Bertz CT molecular complexity index is 1190. The smallest absolute Gasteiger partial charge is 0.239 e. The third kappa shape index (κ3) is 4.63. The van der Waals surface area contributed by atoms with Crippen LogP contribution < -0.4 is 16.2 Å². The van der Waals surface area contributed by atoms with Crippen molar-refractivity contribution in [3.8, 4) is 11.1 Å². The van der Waals surface area contributed by atoms with Crippen LogP contribution in [0.4, 0.5) is 0 Å². The second-order valence-electron chi connectivity index (χ2n) is 9.35. The second kappa shape index (κ2) is 9.06. The van der Waals surface area contributed by atoms with Crippen molar-refractivity contribution >= 4 is 15.9 Å². The number of azo groups is 1. The molecule has 0 aromatic heterocycles. The number of nitrogens with one attached hydrogen (secondary N) is 1. The largest absolute Gasteiger partial charge is 0.328 e. The number of amidine groups is 1. The van der Waals surface area contributed by atoms with Gasteiger partial charge in [0.25, 0.3) is 0 Å². The van der Waals surface area contributed by atoms with Gasteiger partial charge in [0.1, 0.15) is 0 Å².